The third kappa shape index (κ3) is 2.51. The Morgan fingerprint density at radius 2 is 1.29 bits per heavy atom. The highest BCUT2D eigenvalue weighted by Gasteiger charge is 2.39. The molecule has 1 nitrogen and oxygen atoms in total. The van der Waals surface area contributed by atoms with E-state index in [0.717, 1.165) is 5.92 Å². The molecule has 2 aromatic rings. The van der Waals surface area contributed by atoms with Crippen molar-refractivity contribution in [2.45, 2.75) is 24.8 Å². The van der Waals surface area contributed by atoms with Gasteiger partial charge in [0.15, 0.2) is 0 Å². The fourth-order valence-corrected chi connectivity index (χ4v) is 4.04. The highest BCUT2D eigenvalue weighted by molar-refractivity contribution is 5.36. The fourth-order valence-electron chi connectivity index (χ4n) is 4.04. The lowest BCUT2D eigenvalue weighted by molar-refractivity contribution is 0.0890. The van der Waals surface area contributed by atoms with Crippen LogP contribution in [0.3, 0.4) is 0 Å². The van der Waals surface area contributed by atoms with Crippen molar-refractivity contribution in [3.63, 3.8) is 0 Å². The summed E-state index contributed by atoms with van der Waals surface area (Å²) in [4.78, 5) is 2.69. The second-order valence-corrected chi connectivity index (χ2v) is 6.36. The Morgan fingerprint density at radius 1 is 0.762 bits per heavy atom. The lowest BCUT2D eigenvalue weighted by Gasteiger charge is -2.48. The van der Waals surface area contributed by atoms with Gasteiger partial charge in [0.2, 0.25) is 0 Å². The van der Waals surface area contributed by atoms with Gasteiger partial charge in [0.25, 0.3) is 0 Å². The topological polar surface area (TPSA) is 3.24 Å². The number of nitrogens with zero attached hydrogens (tertiary/aromatic N) is 1. The van der Waals surface area contributed by atoms with Gasteiger partial charge in [-0.25, -0.2) is 0 Å². The van der Waals surface area contributed by atoms with Gasteiger partial charge in [0.1, 0.15) is 0 Å². The Hall–Kier alpha value is -1.60. The number of fused-ring (bicyclic) bond motifs is 3. The van der Waals surface area contributed by atoms with Gasteiger partial charge in [-0.05, 0) is 49.4 Å². The normalized spacial score (nSPS) is 28.0. The lowest BCUT2D eigenvalue weighted by Crippen LogP contribution is -2.51. The molecule has 3 fully saturated rings. The SMILES string of the molecule is [CH]1C2CCN(CC2)[C@@H]1C(c1ccccc1)c1ccccc1. The average Bonchev–Trinajstić information content (AvgIpc) is 2.58. The summed E-state index contributed by atoms with van der Waals surface area (Å²) in [5, 5.41) is 0. The molecule has 1 atom stereocenters. The quantitative estimate of drug-likeness (QED) is 0.815. The number of hydrogen-bond acceptors (Lipinski definition) is 1. The van der Waals surface area contributed by atoms with Crippen LogP contribution >= 0.6 is 0 Å². The highest BCUT2D eigenvalue weighted by atomic mass is 15.2. The molecule has 0 N–H and O–H groups in total. The van der Waals surface area contributed by atoms with Gasteiger partial charge in [-0.3, -0.25) is 4.90 Å². The van der Waals surface area contributed by atoms with Crippen molar-refractivity contribution in [2.24, 2.45) is 5.92 Å². The van der Waals surface area contributed by atoms with Gasteiger partial charge in [-0.1, -0.05) is 60.7 Å². The van der Waals surface area contributed by atoms with E-state index in [1.807, 2.05) is 0 Å². The smallest absolute Gasteiger partial charge is 0.0248 e. The summed E-state index contributed by atoms with van der Waals surface area (Å²) in [6.45, 7) is 2.53. The minimum atomic E-state index is 0.468. The van der Waals surface area contributed by atoms with E-state index < -0.39 is 0 Å². The molecule has 3 saturated heterocycles. The third-order valence-electron chi connectivity index (χ3n) is 5.12. The first kappa shape index (κ1) is 13.1. The van der Waals surface area contributed by atoms with Gasteiger partial charge in [-0.2, -0.15) is 0 Å². The number of benzene rings is 2. The number of piperidine rings is 3. The minimum Gasteiger partial charge on any atom is -0.299 e. The Labute approximate surface area is 127 Å². The largest absolute Gasteiger partial charge is 0.299 e. The van der Waals surface area contributed by atoms with Crippen LogP contribution < -0.4 is 0 Å². The monoisotopic (exact) mass is 276 g/mol. The molecule has 2 bridgehead atoms. The van der Waals surface area contributed by atoms with Crippen LogP contribution in [0.4, 0.5) is 0 Å². The predicted octanol–water partition coefficient (Wildman–Crippen LogP) is 4.12. The molecule has 1 heteroatoms. The standard InChI is InChI=1S/C20H22N/c1-3-7-17(8-4-1)20(18-9-5-2-6-10-18)19-15-16-11-13-21(19)14-12-16/h1-10,15-16,19-20H,11-14H2/t19-/m0/s1. The molecule has 2 aromatic carbocycles. The van der Waals surface area contributed by atoms with E-state index >= 15 is 0 Å². The molecule has 3 aliphatic heterocycles. The van der Waals surface area contributed by atoms with Gasteiger partial charge in [0, 0.05) is 12.0 Å². The molecule has 21 heavy (non-hydrogen) atoms. The van der Waals surface area contributed by atoms with Crippen molar-refractivity contribution < 1.29 is 0 Å². The van der Waals surface area contributed by atoms with Crippen molar-refractivity contribution in [3.8, 4) is 0 Å². The summed E-state index contributed by atoms with van der Waals surface area (Å²) in [6.07, 6.45) is 5.33. The molecule has 0 aromatic heterocycles. The van der Waals surface area contributed by atoms with E-state index in [4.69, 9.17) is 0 Å². The third-order valence-corrected chi connectivity index (χ3v) is 5.12. The van der Waals surface area contributed by atoms with Crippen LogP contribution in [0.2, 0.25) is 0 Å². The number of hydrogen-bond donors (Lipinski definition) is 0. The zero-order valence-electron chi connectivity index (χ0n) is 12.4. The van der Waals surface area contributed by atoms with Gasteiger partial charge in [-0.15, -0.1) is 0 Å². The van der Waals surface area contributed by atoms with Crippen LogP contribution in [0.5, 0.6) is 0 Å². The minimum absolute atomic E-state index is 0.468. The van der Waals surface area contributed by atoms with Crippen LogP contribution in [0.25, 0.3) is 0 Å². The highest BCUT2D eigenvalue weighted by Crippen LogP contribution is 2.40. The van der Waals surface area contributed by atoms with E-state index in [1.54, 1.807) is 0 Å². The van der Waals surface area contributed by atoms with E-state index in [-0.39, 0.29) is 0 Å². The molecule has 0 unspecified atom stereocenters. The van der Waals surface area contributed by atoms with Crippen LogP contribution in [-0.4, -0.2) is 24.0 Å². The maximum absolute atomic E-state index is 2.69. The molecule has 107 valence electrons. The summed E-state index contributed by atoms with van der Waals surface area (Å²) in [5.74, 6) is 1.30. The Morgan fingerprint density at radius 3 is 1.71 bits per heavy atom. The summed E-state index contributed by atoms with van der Waals surface area (Å²) >= 11 is 0. The van der Waals surface area contributed by atoms with Crippen LogP contribution in [-0.2, 0) is 0 Å². The summed E-state index contributed by atoms with van der Waals surface area (Å²) in [5.41, 5.74) is 2.88. The molecule has 5 rings (SSSR count). The van der Waals surface area contributed by atoms with Crippen LogP contribution in [0.1, 0.15) is 29.9 Å². The summed E-state index contributed by atoms with van der Waals surface area (Å²) < 4.78 is 0. The first-order valence-corrected chi connectivity index (χ1v) is 8.11. The molecular weight excluding hydrogens is 254 g/mol. The van der Waals surface area contributed by atoms with Crippen LogP contribution in [0.15, 0.2) is 60.7 Å². The Kier molecular flexibility index (Phi) is 3.52. The molecular formula is C20H22N. The second-order valence-electron chi connectivity index (χ2n) is 6.36. The van der Waals surface area contributed by atoms with E-state index in [2.05, 4.69) is 72.0 Å². The van der Waals surface area contributed by atoms with Gasteiger partial charge in [0.05, 0.1) is 0 Å². The van der Waals surface area contributed by atoms with E-state index in [1.165, 1.54) is 37.1 Å². The summed E-state index contributed by atoms with van der Waals surface area (Å²) in [7, 11) is 0. The predicted molar refractivity (Wildman–Crippen MR) is 87.1 cm³/mol. The summed E-state index contributed by atoms with van der Waals surface area (Å²) in [6, 6.07) is 22.6. The van der Waals surface area contributed by atoms with Crippen molar-refractivity contribution in [1.29, 1.82) is 0 Å². The van der Waals surface area contributed by atoms with Gasteiger partial charge >= 0.3 is 0 Å². The first-order valence-electron chi connectivity index (χ1n) is 8.11. The Balaban J connectivity index is 1.74. The lowest BCUT2D eigenvalue weighted by atomic mass is 9.74. The molecule has 0 saturated carbocycles. The van der Waals surface area contributed by atoms with Crippen LogP contribution in [0, 0.1) is 12.3 Å². The van der Waals surface area contributed by atoms with Gasteiger partial charge < -0.3 is 0 Å². The molecule has 1 radical (unpaired) electrons. The molecule has 3 heterocycles. The van der Waals surface area contributed by atoms with Crippen molar-refractivity contribution in [1.82, 2.24) is 4.90 Å². The molecule has 0 spiro atoms. The van der Waals surface area contributed by atoms with E-state index in [9.17, 15) is 0 Å². The maximum Gasteiger partial charge on any atom is 0.0248 e. The zero-order chi connectivity index (χ0) is 14.1. The maximum atomic E-state index is 2.69. The first-order chi connectivity index (χ1) is 10.4. The zero-order valence-corrected chi connectivity index (χ0v) is 12.4. The molecule has 0 aliphatic carbocycles. The average molecular weight is 276 g/mol. The van der Waals surface area contributed by atoms with Crippen molar-refractivity contribution >= 4 is 0 Å². The second kappa shape index (κ2) is 5.65. The fraction of sp³-hybridized carbons (Fsp3) is 0.350. The van der Waals surface area contributed by atoms with Crippen molar-refractivity contribution in [2.75, 3.05) is 13.1 Å². The molecule has 0 amide bonds. The molecule has 3 aliphatic rings. The number of rotatable bonds is 3. The van der Waals surface area contributed by atoms with Crippen molar-refractivity contribution in [3.05, 3.63) is 78.2 Å². The van der Waals surface area contributed by atoms with E-state index in [0.29, 0.717) is 12.0 Å². The Bertz CT molecular complexity index is 530.